The Kier molecular flexibility index (Phi) is 4.57. The quantitative estimate of drug-likeness (QED) is 0.577. The van der Waals surface area contributed by atoms with Crippen LogP contribution < -0.4 is 10.1 Å². The SMILES string of the molecule is COc1cccc(-c2cc(C(=O)NCc3ccco3)c3c(C)nn(C)c3n2)c1. The summed E-state index contributed by atoms with van der Waals surface area (Å²) in [6.45, 7) is 2.18. The summed E-state index contributed by atoms with van der Waals surface area (Å²) >= 11 is 0. The number of pyridine rings is 1. The van der Waals surface area contributed by atoms with E-state index in [4.69, 9.17) is 14.1 Å². The van der Waals surface area contributed by atoms with Crippen LogP contribution in [-0.4, -0.2) is 27.8 Å². The highest BCUT2D eigenvalue weighted by Gasteiger charge is 2.19. The van der Waals surface area contributed by atoms with Gasteiger partial charge < -0.3 is 14.5 Å². The lowest BCUT2D eigenvalue weighted by Gasteiger charge is -2.09. The zero-order valence-corrected chi connectivity index (χ0v) is 15.9. The Bertz CT molecular complexity index is 1150. The summed E-state index contributed by atoms with van der Waals surface area (Å²) < 4.78 is 12.3. The van der Waals surface area contributed by atoms with Crippen LogP contribution in [-0.2, 0) is 13.6 Å². The van der Waals surface area contributed by atoms with Crippen molar-refractivity contribution in [3.8, 4) is 17.0 Å². The highest BCUT2D eigenvalue weighted by molar-refractivity contribution is 6.07. The lowest BCUT2D eigenvalue weighted by molar-refractivity contribution is 0.0949. The highest BCUT2D eigenvalue weighted by Crippen LogP contribution is 2.28. The van der Waals surface area contributed by atoms with Crippen LogP contribution in [0.25, 0.3) is 22.3 Å². The van der Waals surface area contributed by atoms with Crippen molar-refractivity contribution in [1.29, 1.82) is 0 Å². The first-order chi connectivity index (χ1) is 13.6. The fourth-order valence-electron chi connectivity index (χ4n) is 3.23. The third-order valence-corrected chi connectivity index (χ3v) is 4.58. The van der Waals surface area contributed by atoms with Gasteiger partial charge in [0.25, 0.3) is 5.91 Å². The van der Waals surface area contributed by atoms with Gasteiger partial charge in [0.05, 0.1) is 42.3 Å². The molecule has 0 bridgehead atoms. The number of fused-ring (bicyclic) bond motifs is 1. The zero-order chi connectivity index (χ0) is 19.7. The van der Waals surface area contributed by atoms with Crippen LogP contribution >= 0.6 is 0 Å². The minimum absolute atomic E-state index is 0.205. The molecule has 0 aliphatic rings. The largest absolute Gasteiger partial charge is 0.497 e. The number of aryl methyl sites for hydroxylation is 2. The standard InChI is InChI=1S/C21H20N4O3/c1-13-19-17(21(26)22-12-16-8-5-9-28-16)11-18(23-20(19)25(2)24-13)14-6-4-7-15(10-14)27-3/h4-11H,12H2,1-3H3,(H,22,26). The van der Waals surface area contributed by atoms with Gasteiger partial charge in [0.1, 0.15) is 11.5 Å². The van der Waals surface area contributed by atoms with Crippen molar-refractivity contribution in [3.05, 3.63) is 65.7 Å². The number of amides is 1. The molecule has 1 N–H and O–H groups in total. The van der Waals surface area contributed by atoms with Gasteiger partial charge >= 0.3 is 0 Å². The number of hydrogen-bond acceptors (Lipinski definition) is 5. The van der Waals surface area contributed by atoms with E-state index in [1.165, 1.54) is 0 Å². The van der Waals surface area contributed by atoms with Gasteiger partial charge in [-0.2, -0.15) is 5.10 Å². The van der Waals surface area contributed by atoms with Gasteiger partial charge in [-0.15, -0.1) is 0 Å². The summed E-state index contributed by atoms with van der Waals surface area (Å²) in [5, 5.41) is 8.09. The maximum Gasteiger partial charge on any atom is 0.252 e. The molecule has 0 aliphatic carbocycles. The van der Waals surface area contributed by atoms with Gasteiger partial charge in [-0.3, -0.25) is 9.48 Å². The molecule has 0 unspecified atom stereocenters. The van der Waals surface area contributed by atoms with E-state index in [1.807, 2.05) is 44.3 Å². The summed E-state index contributed by atoms with van der Waals surface area (Å²) in [7, 11) is 3.44. The highest BCUT2D eigenvalue weighted by atomic mass is 16.5. The number of nitrogens with one attached hydrogen (secondary N) is 1. The van der Waals surface area contributed by atoms with E-state index in [-0.39, 0.29) is 5.91 Å². The van der Waals surface area contributed by atoms with Crippen LogP contribution in [0.4, 0.5) is 0 Å². The topological polar surface area (TPSA) is 82.2 Å². The Morgan fingerprint density at radius 2 is 2.11 bits per heavy atom. The fourth-order valence-corrected chi connectivity index (χ4v) is 3.23. The molecule has 0 radical (unpaired) electrons. The van der Waals surface area contributed by atoms with Gasteiger partial charge in [0.15, 0.2) is 5.65 Å². The van der Waals surface area contributed by atoms with Gasteiger partial charge in [-0.05, 0) is 37.3 Å². The van der Waals surface area contributed by atoms with E-state index in [1.54, 1.807) is 30.2 Å². The van der Waals surface area contributed by atoms with Crippen LogP contribution in [0, 0.1) is 6.92 Å². The van der Waals surface area contributed by atoms with Crippen molar-refractivity contribution in [2.45, 2.75) is 13.5 Å². The molecule has 4 aromatic rings. The fraction of sp³-hybridized carbons (Fsp3) is 0.190. The normalized spacial score (nSPS) is 11.0. The first-order valence-electron chi connectivity index (χ1n) is 8.86. The maximum atomic E-state index is 13.0. The average molecular weight is 376 g/mol. The Balaban J connectivity index is 1.80. The number of benzene rings is 1. The molecule has 7 heteroatoms. The number of carbonyl (C=O) groups is 1. The van der Waals surface area contributed by atoms with Crippen LogP contribution in [0.3, 0.4) is 0 Å². The number of ether oxygens (including phenoxy) is 1. The Hall–Kier alpha value is -3.61. The van der Waals surface area contributed by atoms with E-state index in [9.17, 15) is 4.79 Å². The number of nitrogens with zero attached hydrogens (tertiary/aromatic N) is 3. The molecule has 1 amide bonds. The van der Waals surface area contributed by atoms with E-state index in [0.29, 0.717) is 29.2 Å². The number of hydrogen-bond donors (Lipinski definition) is 1. The van der Waals surface area contributed by atoms with Crippen LogP contribution in [0.5, 0.6) is 5.75 Å². The molecule has 1 aromatic carbocycles. The Morgan fingerprint density at radius 3 is 2.86 bits per heavy atom. The first kappa shape index (κ1) is 17.8. The molecule has 142 valence electrons. The van der Waals surface area contributed by atoms with E-state index < -0.39 is 0 Å². The van der Waals surface area contributed by atoms with E-state index >= 15 is 0 Å². The number of rotatable bonds is 5. The summed E-state index contributed by atoms with van der Waals surface area (Å²) in [5.41, 5.74) is 3.48. The lowest BCUT2D eigenvalue weighted by Crippen LogP contribution is -2.23. The minimum atomic E-state index is -0.205. The molecular weight excluding hydrogens is 356 g/mol. The molecule has 0 saturated carbocycles. The number of methoxy groups -OCH3 is 1. The van der Waals surface area contributed by atoms with Gasteiger partial charge in [0.2, 0.25) is 0 Å². The van der Waals surface area contributed by atoms with Crippen molar-refractivity contribution >= 4 is 16.9 Å². The maximum absolute atomic E-state index is 13.0. The molecule has 28 heavy (non-hydrogen) atoms. The molecule has 0 aliphatic heterocycles. The number of carbonyl (C=O) groups excluding carboxylic acids is 1. The second kappa shape index (κ2) is 7.19. The van der Waals surface area contributed by atoms with Crippen molar-refractivity contribution in [2.75, 3.05) is 7.11 Å². The van der Waals surface area contributed by atoms with Gasteiger partial charge in [-0.25, -0.2) is 4.98 Å². The van der Waals surface area contributed by atoms with Crippen molar-refractivity contribution in [3.63, 3.8) is 0 Å². The van der Waals surface area contributed by atoms with Crippen LogP contribution in [0.1, 0.15) is 21.8 Å². The first-order valence-corrected chi connectivity index (χ1v) is 8.86. The summed E-state index contributed by atoms with van der Waals surface area (Å²) in [5.74, 6) is 1.21. The van der Waals surface area contributed by atoms with Gasteiger partial charge in [0, 0.05) is 12.6 Å². The second-order valence-corrected chi connectivity index (χ2v) is 6.46. The summed E-state index contributed by atoms with van der Waals surface area (Å²) in [6, 6.07) is 13.0. The Morgan fingerprint density at radius 1 is 1.25 bits per heavy atom. The van der Waals surface area contributed by atoms with Crippen molar-refractivity contribution in [2.24, 2.45) is 7.05 Å². The molecular formula is C21H20N4O3. The zero-order valence-electron chi connectivity index (χ0n) is 15.9. The van der Waals surface area contributed by atoms with Crippen LogP contribution in [0.15, 0.2) is 53.1 Å². The lowest BCUT2D eigenvalue weighted by atomic mass is 10.0. The molecule has 7 nitrogen and oxygen atoms in total. The molecule has 0 spiro atoms. The van der Waals surface area contributed by atoms with E-state index in [2.05, 4.69) is 10.4 Å². The summed E-state index contributed by atoms with van der Waals surface area (Å²) in [6.07, 6.45) is 1.58. The van der Waals surface area contributed by atoms with E-state index in [0.717, 1.165) is 22.4 Å². The molecule has 0 saturated heterocycles. The van der Waals surface area contributed by atoms with Gasteiger partial charge in [-0.1, -0.05) is 12.1 Å². The smallest absolute Gasteiger partial charge is 0.252 e. The molecule has 0 fully saturated rings. The number of furan rings is 1. The minimum Gasteiger partial charge on any atom is -0.497 e. The van der Waals surface area contributed by atoms with Crippen molar-refractivity contribution < 1.29 is 13.9 Å². The monoisotopic (exact) mass is 376 g/mol. The number of aromatic nitrogens is 3. The predicted molar refractivity (Wildman–Crippen MR) is 105 cm³/mol. The molecule has 3 aromatic heterocycles. The molecule has 3 heterocycles. The Labute approximate surface area is 161 Å². The molecule has 4 rings (SSSR count). The third kappa shape index (κ3) is 3.22. The third-order valence-electron chi connectivity index (χ3n) is 4.58. The average Bonchev–Trinajstić information content (AvgIpc) is 3.33. The molecule has 0 atom stereocenters. The predicted octanol–water partition coefficient (Wildman–Crippen LogP) is 3.48. The second-order valence-electron chi connectivity index (χ2n) is 6.46. The van der Waals surface area contributed by atoms with Crippen molar-refractivity contribution in [1.82, 2.24) is 20.1 Å². The van der Waals surface area contributed by atoms with Crippen LogP contribution in [0.2, 0.25) is 0 Å². The summed E-state index contributed by atoms with van der Waals surface area (Å²) in [4.78, 5) is 17.7.